The minimum atomic E-state index is -0.0603. The molecular weight excluding hydrogens is 394 g/mol. The maximum Gasteiger partial charge on any atom is 0.261 e. The maximum atomic E-state index is 13.1. The number of aromatic nitrogens is 2. The highest BCUT2D eigenvalue weighted by Gasteiger charge is 2.27. The van der Waals surface area contributed by atoms with Crippen LogP contribution in [0.4, 0.5) is 0 Å². The van der Waals surface area contributed by atoms with Crippen LogP contribution in [0.25, 0.3) is 10.9 Å². The van der Waals surface area contributed by atoms with Crippen LogP contribution in [0.5, 0.6) is 11.5 Å². The fraction of sp³-hybridized carbons (Fsp3) is 0.375. The van der Waals surface area contributed by atoms with Crippen molar-refractivity contribution >= 4 is 16.8 Å². The molecule has 2 heterocycles. The molecule has 31 heavy (non-hydrogen) atoms. The molecule has 0 aliphatic carbocycles. The first-order valence-corrected chi connectivity index (χ1v) is 10.5. The number of rotatable bonds is 5. The predicted molar refractivity (Wildman–Crippen MR) is 119 cm³/mol. The second-order valence-electron chi connectivity index (χ2n) is 7.87. The van der Waals surface area contributed by atoms with Gasteiger partial charge in [-0.15, -0.1) is 0 Å². The van der Waals surface area contributed by atoms with Crippen LogP contribution in [-0.2, 0) is 6.54 Å². The Kier molecular flexibility index (Phi) is 5.93. The number of hydrogen-bond donors (Lipinski definition) is 0. The summed E-state index contributed by atoms with van der Waals surface area (Å²) >= 11 is 0. The molecule has 3 aromatic rings. The van der Waals surface area contributed by atoms with Gasteiger partial charge in [-0.3, -0.25) is 14.2 Å². The van der Waals surface area contributed by atoms with Gasteiger partial charge in [-0.1, -0.05) is 18.2 Å². The van der Waals surface area contributed by atoms with Crippen LogP contribution in [0.3, 0.4) is 0 Å². The van der Waals surface area contributed by atoms with Gasteiger partial charge in [-0.2, -0.15) is 0 Å². The highest BCUT2D eigenvalue weighted by molar-refractivity contribution is 5.97. The van der Waals surface area contributed by atoms with Crippen molar-refractivity contribution in [3.63, 3.8) is 0 Å². The van der Waals surface area contributed by atoms with E-state index in [2.05, 4.69) is 4.98 Å². The maximum absolute atomic E-state index is 13.1. The van der Waals surface area contributed by atoms with Crippen molar-refractivity contribution in [3.8, 4) is 11.5 Å². The van der Waals surface area contributed by atoms with Crippen LogP contribution in [0.2, 0.25) is 0 Å². The summed E-state index contributed by atoms with van der Waals surface area (Å²) in [6.45, 7) is 3.77. The van der Waals surface area contributed by atoms with Crippen molar-refractivity contribution in [3.05, 3.63) is 64.2 Å². The van der Waals surface area contributed by atoms with Crippen molar-refractivity contribution in [1.82, 2.24) is 14.5 Å². The van der Waals surface area contributed by atoms with E-state index in [1.165, 1.54) is 0 Å². The molecule has 1 saturated heterocycles. The highest BCUT2D eigenvalue weighted by atomic mass is 16.5. The lowest BCUT2D eigenvalue weighted by Gasteiger charge is -2.33. The molecule has 0 saturated carbocycles. The smallest absolute Gasteiger partial charge is 0.261 e. The average Bonchev–Trinajstić information content (AvgIpc) is 2.81. The lowest BCUT2D eigenvalue weighted by Crippen LogP contribution is -2.40. The van der Waals surface area contributed by atoms with Gasteiger partial charge in [-0.25, -0.2) is 4.98 Å². The number of likely N-dealkylation sites (tertiary alicyclic amines) is 1. The van der Waals surface area contributed by atoms with Gasteiger partial charge < -0.3 is 14.4 Å². The molecule has 0 spiro atoms. The second kappa shape index (κ2) is 8.79. The van der Waals surface area contributed by atoms with Gasteiger partial charge in [0.1, 0.15) is 5.82 Å². The molecule has 0 bridgehead atoms. The van der Waals surface area contributed by atoms with E-state index in [1.807, 2.05) is 36.1 Å². The standard InChI is InChI=1S/C24H27N3O4/c1-16-25-20-9-5-4-7-18(20)24(29)27(16)15-17-11-13-26(14-12-17)23(28)19-8-6-10-21(30-2)22(19)31-3/h4-10,17H,11-15H2,1-3H3. The third kappa shape index (κ3) is 4.00. The van der Waals surface area contributed by atoms with Crippen molar-refractivity contribution in [1.29, 1.82) is 0 Å². The largest absolute Gasteiger partial charge is 0.493 e. The number of amides is 1. The Hall–Kier alpha value is -3.35. The van der Waals surface area contributed by atoms with Crippen LogP contribution in [0, 0.1) is 12.8 Å². The summed E-state index contributed by atoms with van der Waals surface area (Å²) in [7, 11) is 3.10. The van der Waals surface area contributed by atoms with Crippen LogP contribution in [0.15, 0.2) is 47.3 Å². The Morgan fingerprint density at radius 1 is 1.06 bits per heavy atom. The van der Waals surface area contributed by atoms with Crippen molar-refractivity contribution in [2.75, 3.05) is 27.3 Å². The summed E-state index contributed by atoms with van der Waals surface area (Å²) in [4.78, 5) is 32.5. The summed E-state index contributed by atoms with van der Waals surface area (Å²) in [6.07, 6.45) is 1.66. The molecule has 1 aliphatic heterocycles. The predicted octanol–water partition coefficient (Wildman–Crippen LogP) is 3.27. The molecule has 0 N–H and O–H groups in total. The van der Waals surface area contributed by atoms with Gasteiger partial charge in [0.05, 0.1) is 30.7 Å². The first kappa shape index (κ1) is 20.9. The molecule has 0 atom stereocenters. The Labute approximate surface area is 181 Å². The van der Waals surface area contributed by atoms with Gasteiger partial charge in [0, 0.05) is 19.6 Å². The van der Waals surface area contributed by atoms with Crippen LogP contribution in [0.1, 0.15) is 29.0 Å². The molecule has 0 radical (unpaired) electrons. The average molecular weight is 421 g/mol. The number of nitrogens with zero attached hydrogens (tertiary/aromatic N) is 3. The van der Waals surface area contributed by atoms with E-state index < -0.39 is 0 Å². The Bertz CT molecular complexity index is 1160. The highest BCUT2D eigenvalue weighted by Crippen LogP contribution is 2.32. The summed E-state index contributed by atoms with van der Waals surface area (Å²) < 4.78 is 12.5. The number of para-hydroxylation sites is 2. The van der Waals surface area contributed by atoms with Gasteiger partial charge in [0.25, 0.3) is 11.5 Å². The van der Waals surface area contributed by atoms with E-state index in [-0.39, 0.29) is 11.5 Å². The Morgan fingerprint density at radius 3 is 2.52 bits per heavy atom. The first-order chi connectivity index (χ1) is 15.0. The zero-order valence-corrected chi connectivity index (χ0v) is 18.1. The summed E-state index contributed by atoms with van der Waals surface area (Å²) in [6, 6.07) is 12.8. The third-order valence-electron chi connectivity index (χ3n) is 6.03. The number of piperidine rings is 1. The molecule has 7 heteroatoms. The van der Waals surface area contributed by atoms with Crippen LogP contribution in [-0.4, -0.2) is 47.7 Å². The lowest BCUT2D eigenvalue weighted by molar-refractivity contribution is 0.0678. The number of benzene rings is 2. The van der Waals surface area contributed by atoms with E-state index in [1.54, 1.807) is 37.0 Å². The fourth-order valence-electron chi connectivity index (χ4n) is 4.30. The van der Waals surface area contributed by atoms with Gasteiger partial charge in [0.15, 0.2) is 11.5 Å². The zero-order chi connectivity index (χ0) is 22.0. The van der Waals surface area contributed by atoms with E-state index >= 15 is 0 Å². The number of carbonyl (C=O) groups excluding carboxylic acids is 1. The molecular formula is C24H27N3O4. The topological polar surface area (TPSA) is 73.7 Å². The van der Waals surface area contributed by atoms with Gasteiger partial charge >= 0.3 is 0 Å². The summed E-state index contributed by atoms with van der Waals surface area (Å²) in [5, 5.41) is 0.644. The van der Waals surface area contributed by atoms with Gasteiger partial charge in [0.2, 0.25) is 0 Å². The molecule has 4 rings (SSSR count). The fourth-order valence-corrected chi connectivity index (χ4v) is 4.30. The van der Waals surface area contributed by atoms with Crippen LogP contribution >= 0.6 is 0 Å². The van der Waals surface area contributed by atoms with Crippen molar-refractivity contribution < 1.29 is 14.3 Å². The Balaban J connectivity index is 1.47. The molecule has 2 aromatic carbocycles. The molecule has 0 unspecified atom stereocenters. The summed E-state index contributed by atoms with van der Waals surface area (Å²) in [5.74, 6) is 1.98. The molecule has 1 aliphatic rings. The van der Waals surface area contributed by atoms with E-state index in [9.17, 15) is 9.59 Å². The van der Waals surface area contributed by atoms with Gasteiger partial charge in [-0.05, 0) is 49.9 Å². The lowest BCUT2D eigenvalue weighted by atomic mass is 9.96. The zero-order valence-electron chi connectivity index (χ0n) is 18.1. The minimum absolute atomic E-state index is 0.00252. The number of ether oxygens (including phenoxy) is 2. The second-order valence-corrected chi connectivity index (χ2v) is 7.87. The minimum Gasteiger partial charge on any atom is -0.493 e. The number of aryl methyl sites for hydroxylation is 1. The SMILES string of the molecule is COc1cccc(C(=O)N2CCC(Cn3c(C)nc4ccccc4c3=O)CC2)c1OC. The quantitative estimate of drug-likeness (QED) is 0.632. The number of carbonyl (C=O) groups is 1. The van der Waals surface area contributed by atoms with E-state index in [4.69, 9.17) is 9.47 Å². The summed E-state index contributed by atoms with van der Waals surface area (Å²) in [5.41, 5.74) is 1.24. The van der Waals surface area contributed by atoms with Crippen LogP contribution < -0.4 is 15.0 Å². The Morgan fingerprint density at radius 2 is 1.81 bits per heavy atom. The normalized spacial score (nSPS) is 14.6. The molecule has 1 fully saturated rings. The molecule has 1 aromatic heterocycles. The number of fused-ring (bicyclic) bond motifs is 1. The van der Waals surface area contributed by atoms with E-state index in [0.29, 0.717) is 48.0 Å². The van der Waals surface area contributed by atoms with E-state index in [0.717, 1.165) is 24.2 Å². The molecule has 1 amide bonds. The first-order valence-electron chi connectivity index (χ1n) is 10.5. The number of hydrogen-bond acceptors (Lipinski definition) is 5. The molecule has 7 nitrogen and oxygen atoms in total. The number of methoxy groups -OCH3 is 2. The van der Waals surface area contributed by atoms with Crippen molar-refractivity contribution in [2.45, 2.75) is 26.3 Å². The monoisotopic (exact) mass is 421 g/mol. The molecule has 162 valence electrons. The van der Waals surface area contributed by atoms with Crippen molar-refractivity contribution in [2.24, 2.45) is 5.92 Å². The third-order valence-corrected chi connectivity index (χ3v) is 6.03.